The monoisotopic (exact) mass is 237 g/mol. The van der Waals surface area contributed by atoms with Gasteiger partial charge in [0.1, 0.15) is 0 Å². The van der Waals surface area contributed by atoms with Crippen molar-refractivity contribution < 1.29 is 4.79 Å². The molecule has 1 aromatic carbocycles. The maximum absolute atomic E-state index is 12.1. The molecule has 1 aliphatic rings. The number of alkyl halides is 1. The van der Waals surface area contributed by atoms with Gasteiger partial charge in [0.25, 0.3) is 5.91 Å². The van der Waals surface area contributed by atoms with Gasteiger partial charge in [-0.3, -0.25) is 4.79 Å². The average Bonchev–Trinajstić information content (AvgIpc) is 2.77. The maximum atomic E-state index is 12.1. The topological polar surface area (TPSA) is 20.3 Å². The van der Waals surface area contributed by atoms with Crippen molar-refractivity contribution in [2.75, 3.05) is 19.0 Å². The summed E-state index contributed by atoms with van der Waals surface area (Å²) in [6, 6.07) is 7.74. The van der Waals surface area contributed by atoms with Crippen molar-refractivity contribution in [3.05, 3.63) is 35.4 Å². The number of carbonyl (C=O) groups is 1. The maximum Gasteiger partial charge on any atom is 0.253 e. The Balaban J connectivity index is 2.05. The predicted octanol–water partition coefficient (Wildman–Crippen LogP) is 2.70. The Bertz CT molecular complexity index is 374. The lowest BCUT2D eigenvalue weighted by Crippen LogP contribution is -2.28. The molecule has 86 valence electrons. The van der Waals surface area contributed by atoms with Crippen LogP contribution in [-0.4, -0.2) is 29.8 Å². The molecule has 0 spiro atoms. The molecule has 2 rings (SSSR count). The number of halogens is 1. The third kappa shape index (κ3) is 2.38. The minimum atomic E-state index is 0.132. The van der Waals surface area contributed by atoms with Crippen LogP contribution in [0.4, 0.5) is 0 Å². The summed E-state index contributed by atoms with van der Waals surface area (Å²) in [5.74, 6) is 1.25. The van der Waals surface area contributed by atoms with Crippen LogP contribution < -0.4 is 0 Å². The Hall–Kier alpha value is -1.02. The fourth-order valence-corrected chi connectivity index (χ4v) is 2.27. The van der Waals surface area contributed by atoms with Gasteiger partial charge in [0.15, 0.2) is 0 Å². The van der Waals surface area contributed by atoms with Gasteiger partial charge in [0.2, 0.25) is 0 Å². The van der Waals surface area contributed by atoms with Gasteiger partial charge < -0.3 is 4.90 Å². The van der Waals surface area contributed by atoms with Crippen molar-refractivity contribution in [1.29, 1.82) is 0 Å². The van der Waals surface area contributed by atoms with E-state index in [1.165, 1.54) is 5.56 Å². The zero-order valence-electron chi connectivity index (χ0n) is 9.45. The summed E-state index contributed by atoms with van der Waals surface area (Å²) in [4.78, 5) is 14.0. The summed E-state index contributed by atoms with van der Waals surface area (Å²) in [6.45, 7) is 3.66. The molecule has 1 unspecified atom stereocenters. The molecule has 1 aliphatic heterocycles. The van der Waals surface area contributed by atoms with E-state index in [9.17, 15) is 4.79 Å². The Morgan fingerprint density at radius 1 is 1.44 bits per heavy atom. The van der Waals surface area contributed by atoms with Gasteiger partial charge in [-0.1, -0.05) is 17.7 Å². The predicted molar refractivity (Wildman–Crippen MR) is 65.9 cm³/mol. The standard InChI is InChI=1S/C13H16ClNO/c1-10-2-4-12(5-3-10)13(16)15-7-6-11(8-14)9-15/h2-5,11H,6-9H2,1H3. The highest BCUT2D eigenvalue weighted by Gasteiger charge is 2.25. The highest BCUT2D eigenvalue weighted by atomic mass is 35.5. The first-order valence-electron chi connectivity index (χ1n) is 5.62. The normalized spacial score (nSPS) is 20.1. The van der Waals surface area contributed by atoms with Gasteiger partial charge in [-0.25, -0.2) is 0 Å². The van der Waals surface area contributed by atoms with Crippen LogP contribution in [0.25, 0.3) is 0 Å². The van der Waals surface area contributed by atoms with Crippen molar-refractivity contribution in [1.82, 2.24) is 4.90 Å². The third-order valence-corrected chi connectivity index (χ3v) is 3.53. The van der Waals surface area contributed by atoms with Crippen molar-refractivity contribution in [3.63, 3.8) is 0 Å². The molecule has 1 fully saturated rings. The van der Waals surface area contributed by atoms with Crippen LogP contribution in [-0.2, 0) is 0 Å². The van der Waals surface area contributed by atoms with E-state index < -0.39 is 0 Å². The molecule has 0 aliphatic carbocycles. The summed E-state index contributed by atoms with van der Waals surface area (Å²) in [6.07, 6.45) is 1.03. The molecule has 0 bridgehead atoms. The Kier molecular flexibility index (Phi) is 3.49. The van der Waals surface area contributed by atoms with Crippen molar-refractivity contribution in [2.45, 2.75) is 13.3 Å². The van der Waals surface area contributed by atoms with Crippen molar-refractivity contribution >= 4 is 17.5 Å². The molecule has 2 nitrogen and oxygen atoms in total. The second-order valence-electron chi connectivity index (χ2n) is 4.43. The second-order valence-corrected chi connectivity index (χ2v) is 4.73. The van der Waals surface area contributed by atoms with Gasteiger partial charge in [0, 0.05) is 24.5 Å². The van der Waals surface area contributed by atoms with E-state index in [0.717, 1.165) is 25.1 Å². The minimum Gasteiger partial charge on any atom is -0.338 e. The van der Waals surface area contributed by atoms with Crippen LogP contribution >= 0.6 is 11.6 Å². The zero-order valence-corrected chi connectivity index (χ0v) is 10.2. The number of amides is 1. The van der Waals surface area contributed by atoms with Crippen LogP contribution in [0.15, 0.2) is 24.3 Å². The number of carbonyl (C=O) groups excluding carboxylic acids is 1. The summed E-state index contributed by atoms with van der Waals surface area (Å²) in [5.41, 5.74) is 1.96. The number of hydrogen-bond acceptors (Lipinski definition) is 1. The lowest BCUT2D eigenvalue weighted by atomic mass is 10.1. The van der Waals surface area contributed by atoms with E-state index in [4.69, 9.17) is 11.6 Å². The van der Waals surface area contributed by atoms with Gasteiger partial charge in [-0.2, -0.15) is 0 Å². The van der Waals surface area contributed by atoms with Gasteiger partial charge in [0.05, 0.1) is 0 Å². The number of likely N-dealkylation sites (tertiary alicyclic amines) is 1. The largest absolute Gasteiger partial charge is 0.338 e. The molecule has 1 heterocycles. The summed E-state index contributed by atoms with van der Waals surface area (Å²) < 4.78 is 0. The second kappa shape index (κ2) is 4.88. The number of nitrogens with zero attached hydrogens (tertiary/aromatic N) is 1. The lowest BCUT2D eigenvalue weighted by Gasteiger charge is -2.16. The Morgan fingerprint density at radius 2 is 2.12 bits per heavy atom. The quantitative estimate of drug-likeness (QED) is 0.725. The van der Waals surface area contributed by atoms with Gasteiger partial charge in [-0.05, 0) is 31.4 Å². The Morgan fingerprint density at radius 3 is 2.69 bits per heavy atom. The molecule has 3 heteroatoms. The van der Waals surface area contributed by atoms with Crippen LogP contribution in [0, 0.1) is 12.8 Å². The molecule has 16 heavy (non-hydrogen) atoms. The van der Waals surface area contributed by atoms with E-state index in [-0.39, 0.29) is 5.91 Å². The first kappa shape index (κ1) is 11.5. The van der Waals surface area contributed by atoms with Crippen LogP contribution in [0.3, 0.4) is 0 Å². The fourth-order valence-electron chi connectivity index (χ4n) is 2.02. The van der Waals surface area contributed by atoms with E-state index in [1.807, 2.05) is 36.1 Å². The van der Waals surface area contributed by atoms with E-state index in [0.29, 0.717) is 11.8 Å². The van der Waals surface area contributed by atoms with Crippen molar-refractivity contribution in [2.24, 2.45) is 5.92 Å². The Labute approximate surface area is 101 Å². The SMILES string of the molecule is Cc1ccc(C(=O)N2CCC(CCl)C2)cc1. The molecular formula is C13H16ClNO. The number of benzene rings is 1. The van der Waals surface area contributed by atoms with Crippen molar-refractivity contribution in [3.8, 4) is 0 Å². The van der Waals surface area contributed by atoms with Gasteiger partial charge >= 0.3 is 0 Å². The van der Waals surface area contributed by atoms with E-state index in [2.05, 4.69) is 0 Å². The van der Waals surface area contributed by atoms with Crippen LogP contribution in [0.2, 0.25) is 0 Å². The minimum absolute atomic E-state index is 0.132. The molecule has 0 radical (unpaired) electrons. The highest BCUT2D eigenvalue weighted by Crippen LogP contribution is 2.19. The van der Waals surface area contributed by atoms with E-state index >= 15 is 0 Å². The molecule has 1 amide bonds. The van der Waals surface area contributed by atoms with Crippen LogP contribution in [0.5, 0.6) is 0 Å². The van der Waals surface area contributed by atoms with Crippen LogP contribution in [0.1, 0.15) is 22.3 Å². The smallest absolute Gasteiger partial charge is 0.253 e. The molecule has 0 aromatic heterocycles. The summed E-state index contributed by atoms with van der Waals surface area (Å²) >= 11 is 5.81. The highest BCUT2D eigenvalue weighted by molar-refractivity contribution is 6.18. The fraction of sp³-hybridized carbons (Fsp3) is 0.462. The third-order valence-electron chi connectivity index (χ3n) is 3.09. The molecule has 1 saturated heterocycles. The number of hydrogen-bond donors (Lipinski definition) is 0. The number of rotatable bonds is 2. The molecule has 0 N–H and O–H groups in total. The van der Waals surface area contributed by atoms with E-state index in [1.54, 1.807) is 0 Å². The molecule has 1 atom stereocenters. The molecule has 1 aromatic rings. The lowest BCUT2D eigenvalue weighted by molar-refractivity contribution is 0.0788. The summed E-state index contributed by atoms with van der Waals surface area (Å²) in [5, 5.41) is 0. The number of aryl methyl sites for hydroxylation is 1. The summed E-state index contributed by atoms with van der Waals surface area (Å²) in [7, 11) is 0. The molecular weight excluding hydrogens is 222 g/mol. The average molecular weight is 238 g/mol. The van der Waals surface area contributed by atoms with Gasteiger partial charge in [-0.15, -0.1) is 11.6 Å². The molecule has 0 saturated carbocycles. The first-order valence-corrected chi connectivity index (χ1v) is 6.16. The first-order chi connectivity index (χ1) is 7.70. The zero-order chi connectivity index (χ0) is 11.5.